The van der Waals surface area contributed by atoms with Gasteiger partial charge in [-0.15, -0.1) is 0 Å². The third-order valence-corrected chi connectivity index (χ3v) is 4.80. The zero-order valence-electron chi connectivity index (χ0n) is 12.4. The van der Waals surface area contributed by atoms with E-state index < -0.39 is 5.97 Å². The maximum Gasteiger partial charge on any atom is 0.335 e. The number of hydrogen-bond acceptors (Lipinski definition) is 3. The highest BCUT2D eigenvalue weighted by Gasteiger charge is 2.38. The number of carbonyl (C=O) groups is 1. The third-order valence-electron chi connectivity index (χ3n) is 4.80. The van der Waals surface area contributed by atoms with Crippen LogP contribution in [0.15, 0.2) is 30.4 Å². The molecule has 0 spiro atoms. The summed E-state index contributed by atoms with van der Waals surface area (Å²) >= 11 is 0. The minimum absolute atomic E-state index is 0.276. The summed E-state index contributed by atoms with van der Waals surface area (Å²) in [6.45, 7) is 2.17. The standard InChI is InChI=1S/C17H21NO3/c1-10(14-8-11-3-4-12(14)7-11)18-15-9-13(17(19)20)5-6-16(15)21-2/h3-6,9-12,14,18H,7-8H2,1-2H3,(H,19,20). The number of hydrogen-bond donors (Lipinski definition) is 2. The van der Waals surface area contributed by atoms with Gasteiger partial charge in [0.1, 0.15) is 5.75 Å². The normalized spacial score (nSPS) is 27.6. The predicted molar refractivity (Wildman–Crippen MR) is 81.9 cm³/mol. The quantitative estimate of drug-likeness (QED) is 0.815. The lowest BCUT2D eigenvalue weighted by Crippen LogP contribution is -2.29. The van der Waals surface area contributed by atoms with Gasteiger partial charge in [0.15, 0.2) is 0 Å². The van der Waals surface area contributed by atoms with Crippen molar-refractivity contribution in [1.82, 2.24) is 0 Å². The molecule has 0 amide bonds. The molecule has 21 heavy (non-hydrogen) atoms. The van der Waals surface area contributed by atoms with E-state index >= 15 is 0 Å². The molecule has 2 aliphatic carbocycles. The first-order valence-corrected chi connectivity index (χ1v) is 7.44. The monoisotopic (exact) mass is 287 g/mol. The summed E-state index contributed by atoms with van der Waals surface area (Å²) in [4.78, 5) is 11.1. The minimum atomic E-state index is -0.920. The van der Waals surface area contributed by atoms with Crippen LogP contribution in [-0.2, 0) is 0 Å². The Hall–Kier alpha value is -1.97. The van der Waals surface area contributed by atoms with E-state index in [-0.39, 0.29) is 5.56 Å². The second kappa shape index (κ2) is 5.43. The number of anilines is 1. The highest BCUT2D eigenvalue weighted by atomic mass is 16.5. The van der Waals surface area contributed by atoms with Gasteiger partial charge in [0.25, 0.3) is 0 Å². The molecule has 4 heteroatoms. The average Bonchev–Trinajstić information content (AvgIpc) is 3.09. The second-order valence-electron chi connectivity index (χ2n) is 6.10. The maximum atomic E-state index is 11.1. The highest BCUT2D eigenvalue weighted by molar-refractivity contribution is 5.89. The molecular formula is C17H21NO3. The molecule has 0 heterocycles. The first-order valence-electron chi connectivity index (χ1n) is 7.44. The first-order chi connectivity index (χ1) is 10.1. The molecule has 3 rings (SSSR count). The number of methoxy groups -OCH3 is 1. The van der Waals surface area contributed by atoms with Crippen molar-refractivity contribution >= 4 is 11.7 Å². The molecule has 1 saturated carbocycles. The fraction of sp³-hybridized carbons (Fsp3) is 0.471. The molecule has 2 aliphatic rings. The number of nitrogens with one attached hydrogen (secondary N) is 1. The highest BCUT2D eigenvalue weighted by Crippen LogP contribution is 2.45. The zero-order valence-corrected chi connectivity index (χ0v) is 12.4. The fourth-order valence-corrected chi connectivity index (χ4v) is 3.70. The second-order valence-corrected chi connectivity index (χ2v) is 6.10. The minimum Gasteiger partial charge on any atom is -0.495 e. The summed E-state index contributed by atoms with van der Waals surface area (Å²) < 4.78 is 5.34. The van der Waals surface area contributed by atoms with Crippen LogP contribution >= 0.6 is 0 Å². The summed E-state index contributed by atoms with van der Waals surface area (Å²) in [7, 11) is 1.60. The van der Waals surface area contributed by atoms with Crippen LogP contribution < -0.4 is 10.1 Å². The lowest BCUT2D eigenvalue weighted by molar-refractivity contribution is 0.0697. The van der Waals surface area contributed by atoms with Gasteiger partial charge in [0.05, 0.1) is 18.4 Å². The van der Waals surface area contributed by atoms with Crippen molar-refractivity contribution in [3.63, 3.8) is 0 Å². The van der Waals surface area contributed by atoms with Crippen LogP contribution in [-0.4, -0.2) is 24.2 Å². The number of carboxylic acids is 1. The number of benzene rings is 1. The Morgan fingerprint density at radius 2 is 2.19 bits per heavy atom. The van der Waals surface area contributed by atoms with Gasteiger partial charge in [-0.3, -0.25) is 0 Å². The van der Waals surface area contributed by atoms with Crippen molar-refractivity contribution in [2.45, 2.75) is 25.8 Å². The molecule has 0 radical (unpaired) electrons. The predicted octanol–water partition coefficient (Wildman–Crippen LogP) is 3.41. The largest absolute Gasteiger partial charge is 0.495 e. The van der Waals surface area contributed by atoms with Gasteiger partial charge in [-0.2, -0.15) is 0 Å². The SMILES string of the molecule is COc1ccc(C(=O)O)cc1NC(C)C1CC2C=CC1C2. The molecule has 0 aliphatic heterocycles. The number of allylic oxidation sites excluding steroid dienone is 2. The number of fused-ring (bicyclic) bond motifs is 2. The molecule has 1 fully saturated rings. The Bertz CT molecular complexity index is 581. The van der Waals surface area contributed by atoms with E-state index in [4.69, 9.17) is 9.84 Å². The van der Waals surface area contributed by atoms with E-state index in [1.807, 2.05) is 0 Å². The molecule has 2 N–H and O–H groups in total. The molecule has 4 unspecified atom stereocenters. The third kappa shape index (κ3) is 2.62. The molecular weight excluding hydrogens is 266 g/mol. The van der Waals surface area contributed by atoms with Crippen molar-refractivity contribution in [3.05, 3.63) is 35.9 Å². The molecule has 112 valence electrons. The zero-order chi connectivity index (χ0) is 15.0. The Balaban J connectivity index is 1.78. The van der Waals surface area contributed by atoms with Crippen LogP contribution in [0.1, 0.15) is 30.1 Å². The number of rotatable bonds is 5. The van der Waals surface area contributed by atoms with E-state index in [0.717, 1.165) is 11.6 Å². The van der Waals surface area contributed by atoms with Gasteiger partial charge < -0.3 is 15.2 Å². The van der Waals surface area contributed by atoms with Crippen molar-refractivity contribution in [2.24, 2.45) is 17.8 Å². The smallest absolute Gasteiger partial charge is 0.335 e. The Morgan fingerprint density at radius 1 is 1.38 bits per heavy atom. The van der Waals surface area contributed by atoms with E-state index in [9.17, 15) is 4.79 Å². The van der Waals surface area contributed by atoms with Gasteiger partial charge in [-0.05, 0) is 55.7 Å². The van der Waals surface area contributed by atoms with Crippen LogP contribution in [0, 0.1) is 17.8 Å². The van der Waals surface area contributed by atoms with Crippen LogP contribution in [0.25, 0.3) is 0 Å². The molecule has 2 bridgehead atoms. The molecule has 1 aromatic carbocycles. The van der Waals surface area contributed by atoms with Gasteiger partial charge in [0.2, 0.25) is 0 Å². The molecule has 0 aromatic heterocycles. The van der Waals surface area contributed by atoms with Crippen molar-refractivity contribution in [1.29, 1.82) is 0 Å². The van der Waals surface area contributed by atoms with Crippen LogP contribution in [0.4, 0.5) is 5.69 Å². The molecule has 4 nitrogen and oxygen atoms in total. The van der Waals surface area contributed by atoms with Crippen molar-refractivity contribution < 1.29 is 14.6 Å². The number of ether oxygens (including phenoxy) is 1. The molecule has 1 aromatic rings. The lowest BCUT2D eigenvalue weighted by Gasteiger charge is -2.27. The fourth-order valence-electron chi connectivity index (χ4n) is 3.70. The lowest BCUT2D eigenvalue weighted by atomic mass is 9.87. The molecule has 4 atom stereocenters. The summed E-state index contributed by atoms with van der Waals surface area (Å²) in [6, 6.07) is 5.22. The van der Waals surface area contributed by atoms with Gasteiger partial charge in [-0.1, -0.05) is 12.2 Å². The Morgan fingerprint density at radius 3 is 2.76 bits per heavy atom. The van der Waals surface area contributed by atoms with Crippen LogP contribution in [0.5, 0.6) is 5.75 Å². The number of aromatic carboxylic acids is 1. The summed E-state index contributed by atoms with van der Waals surface area (Å²) in [6.07, 6.45) is 7.15. The van der Waals surface area contributed by atoms with Crippen molar-refractivity contribution in [3.8, 4) is 5.75 Å². The van der Waals surface area contributed by atoms with E-state index in [1.165, 1.54) is 12.8 Å². The van der Waals surface area contributed by atoms with E-state index in [1.54, 1.807) is 25.3 Å². The number of carboxylic acid groups (broad SMARTS) is 1. The van der Waals surface area contributed by atoms with Crippen LogP contribution in [0.3, 0.4) is 0 Å². The van der Waals surface area contributed by atoms with Gasteiger partial charge in [0, 0.05) is 6.04 Å². The summed E-state index contributed by atoms with van der Waals surface area (Å²) in [5, 5.41) is 12.6. The van der Waals surface area contributed by atoms with E-state index in [2.05, 4.69) is 24.4 Å². The average molecular weight is 287 g/mol. The summed E-state index contributed by atoms with van der Waals surface area (Å²) in [5.41, 5.74) is 1.04. The Labute approximate surface area is 124 Å². The topological polar surface area (TPSA) is 58.6 Å². The van der Waals surface area contributed by atoms with Crippen LogP contribution in [0.2, 0.25) is 0 Å². The van der Waals surface area contributed by atoms with Gasteiger partial charge >= 0.3 is 5.97 Å². The Kier molecular flexibility index (Phi) is 3.62. The van der Waals surface area contributed by atoms with Gasteiger partial charge in [-0.25, -0.2) is 4.79 Å². The maximum absolute atomic E-state index is 11.1. The van der Waals surface area contributed by atoms with E-state index in [0.29, 0.717) is 23.6 Å². The summed E-state index contributed by atoms with van der Waals surface area (Å²) in [5.74, 6) is 1.77. The first kappa shape index (κ1) is 14.0. The van der Waals surface area contributed by atoms with Crippen molar-refractivity contribution in [2.75, 3.05) is 12.4 Å². The molecule has 0 saturated heterocycles.